The molecular formula is C30H31ClN2O5. The highest BCUT2D eigenvalue weighted by Gasteiger charge is 2.46. The van der Waals surface area contributed by atoms with Gasteiger partial charge in [0.05, 0.1) is 24.8 Å². The molecule has 0 spiro atoms. The van der Waals surface area contributed by atoms with Crippen LogP contribution >= 0.6 is 11.6 Å². The first kappa shape index (κ1) is 27.2. The number of rotatable bonds is 10. The molecule has 3 aromatic rings. The number of amides is 1. The lowest BCUT2D eigenvalue weighted by Crippen LogP contribution is -2.29. The molecule has 0 saturated carbocycles. The van der Waals surface area contributed by atoms with Gasteiger partial charge in [0.15, 0.2) is 11.5 Å². The van der Waals surface area contributed by atoms with Crippen LogP contribution in [-0.2, 0) is 16.1 Å². The van der Waals surface area contributed by atoms with E-state index >= 15 is 0 Å². The van der Waals surface area contributed by atoms with E-state index in [-0.39, 0.29) is 17.9 Å². The summed E-state index contributed by atoms with van der Waals surface area (Å²) in [6, 6.07) is 14.6. The van der Waals surface area contributed by atoms with E-state index in [4.69, 9.17) is 21.1 Å². The van der Waals surface area contributed by atoms with Gasteiger partial charge >= 0.3 is 0 Å². The van der Waals surface area contributed by atoms with Crippen molar-refractivity contribution in [2.75, 3.05) is 13.2 Å². The molecule has 2 heterocycles. The van der Waals surface area contributed by atoms with Gasteiger partial charge in [-0.15, -0.1) is 0 Å². The monoisotopic (exact) mass is 534 g/mol. The molecular weight excluding hydrogens is 504 g/mol. The highest BCUT2D eigenvalue weighted by Crippen LogP contribution is 2.43. The van der Waals surface area contributed by atoms with Gasteiger partial charge in [-0.1, -0.05) is 31.5 Å². The van der Waals surface area contributed by atoms with Crippen LogP contribution < -0.4 is 9.47 Å². The predicted octanol–water partition coefficient (Wildman–Crippen LogP) is 6.18. The Hall–Kier alpha value is -3.84. The number of aliphatic hydroxyl groups excluding tert-OH is 1. The van der Waals surface area contributed by atoms with Crippen molar-refractivity contribution in [1.29, 1.82) is 0 Å². The first-order chi connectivity index (χ1) is 18.3. The first-order valence-electron chi connectivity index (χ1n) is 12.6. The van der Waals surface area contributed by atoms with Crippen molar-refractivity contribution in [1.82, 2.24) is 9.88 Å². The normalized spacial score (nSPS) is 16.8. The highest BCUT2D eigenvalue weighted by atomic mass is 35.5. The topological polar surface area (TPSA) is 89.0 Å². The van der Waals surface area contributed by atoms with Crippen molar-refractivity contribution >= 4 is 29.1 Å². The summed E-state index contributed by atoms with van der Waals surface area (Å²) >= 11 is 6.02. The number of likely N-dealkylation sites (tertiary alicyclic amines) is 1. The number of carbonyl (C=O) groups is 2. The Morgan fingerprint density at radius 1 is 1.03 bits per heavy atom. The standard InChI is InChI=1S/C30H31ClN2O5/c1-4-37-25-17-22(7-10-24(25)38-16-13-19(2)3)27-26(28(34)21-5-8-23(31)9-6-21)29(35)30(36)33(27)18-20-11-14-32-15-12-20/h5-12,14-15,17,19,27,34H,4,13,16,18H2,1-3H3/b28-26+. The molecule has 0 bridgehead atoms. The zero-order valence-electron chi connectivity index (χ0n) is 21.7. The Morgan fingerprint density at radius 2 is 1.74 bits per heavy atom. The Morgan fingerprint density at radius 3 is 2.39 bits per heavy atom. The highest BCUT2D eigenvalue weighted by molar-refractivity contribution is 6.46. The van der Waals surface area contributed by atoms with E-state index in [9.17, 15) is 14.7 Å². The van der Waals surface area contributed by atoms with E-state index in [1.54, 1.807) is 67.0 Å². The number of hydrogen-bond acceptors (Lipinski definition) is 6. The van der Waals surface area contributed by atoms with Crippen molar-refractivity contribution in [2.24, 2.45) is 5.92 Å². The SMILES string of the molecule is CCOc1cc(C2/C(=C(\O)c3ccc(Cl)cc3)C(=O)C(=O)N2Cc2ccncc2)ccc1OCCC(C)C. The van der Waals surface area contributed by atoms with Gasteiger partial charge in [-0.05, 0) is 78.9 Å². The summed E-state index contributed by atoms with van der Waals surface area (Å²) in [6.07, 6.45) is 4.15. The van der Waals surface area contributed by atoms with Crippen molar-refractivity contribution in [3.05, 3.63) is 94.3 Å². The number of hydrogen-bond donors (Lipinski definition) is 1. The second-order valence-corrected chi connectivity index (χ2v) is 9.90. The maximum atomic E-state index is 13.4. The molecule has 1 aliphatic heterocycles. The number of ether oxygens (including phenoxy) is 2. The molecule has 1 N–H and O–H groups in total. The molecule has 1 fully saturated rings. The summed E-state index contributed by atoms with van der Waals surface area (Å²) in [5.74, 6) is -0.137. The van der Waals surface area contributed by atoms with Gasteiger partial charge in [0.25, 0.3) is 11.7 Å². The average Bonchev–Trinajstić information content (AvgIpc) is 3.15. The molecule has 1 aromatic heterocycles. The molecule has 198 valence electrons. The van der Waals surface area contributed by atoms with Crippen molar-refractivity contribution in [3.8, 4) is 11.5 Å². The summed E-state index contributed by atoms with van der Waals surface area (Å²) in [6.45, 7) is 7.23. The van der Waals surface area contributed by atoms with E-state index < -0.39 is 17.7 Å². The Labute approximate surface area is 227 Å². The van der Waals surface area contributed by atoms with Gasteiger partial charge in [-0.25, -0.2) is 0 Å². The molecule has 2 aromatic carbocycles. The molecule has 38 heavy (non-hydrogen) atoms. The number of ketones is 1. The van der Waals surface area contributed by atoms with Crippen LogP contribution in [0, 0.1) is 5.92 Å². The predicted molar refractivity (Wildman–Crippen MR) is 146 cm³/mol. The van der Waals surface area contributed by atoms with Gasteiger partial charge in [0, 0.05) is 29.5 Å². The molecule has 7 nitrogen and oxygen atoms in total. The molecule has 1 atom stereocenters. The third-order valence-electron chi connectivity index (χ3n) is 6.30. The third kappa shape index (κ3) is 6.00. The van der Waals surface area contributed by atoms with E-state index in [1.165, 1.54) is 4.90 Å². The van der Waals surface area contributed by atoms with Gasteiger partial charge in [0.2, 0.25) is 0 Å². The van der Waals surface area contributed by atoms with Crippen LogP contribution in [0.1, 0.15) is 49.9 Å². The Bertz CT molecular complexity index is 1320. The molecule has 4 rings (SSSR count). The summed E-state index contributed by atoms with van der Waals surface area (Å²) < 4.78 is 11.9. The lowest BCUT2D eigenvalue weighted by molar-refractivity contribution is -0.140. The van der Waals surface area contributed by atoms with Crippen molar-refractivity contribution in [3.63, 3.8) is 0 Å². The van der Waals surface area contributed by atoms with Gasteiger partial charge in [0.1, 0.15) is 5.76 Å². The number of Topliss-reactive ketones (excluding diaryl/α,β-unsaturated/α-hetero) is 1. The van der Waals surface area contributed by atoms with Crippen LogP contribution in [0.4, 0.5) is 0 Å². The summed E-state index contributed by atoms with van der Waals surface area (Å²) in [7, 11) is 0. The van der Waals surface area contributed by atoms with E-state index in [0.717, 1.165) is 12.0 Å². The first-order valence-corrected chi connectivity index (χ1v) is 13.0. The van der Waals surface area contributed by atoms with Crippen molar-refractivity contribution < 1.29 is 24.2 Å². The van der Waals surface area contributed by atoms with Crippen molar-refractivity contribution in [2.45, 2.75) is 39.8 Å². The lowest BCUT2D eigenvalue weighted by Gasteiger charge is -2.26. The minimum Gasteiger partial charge on any atom is -0.507 e. The molecule has 0 radical (unpaired) electrons. The number of nitrogens with zero attached hydrogens (tertiary/aromatic N) is 2. The maximum absolute atomic E-state index is 13.4. The minimum atomic E-state index is -0.845. The molecule has 0 aliphatic carbocycles. The Balaban J connectivity index is 1.81. The molecule has 1 unspecified atom stereocenters. The van der Waals surface area contributed by atoms with Gasteiger partial charge < -0.3 is 19.5 Å². The summed E-state index contributed by atoms with van der Waals surface area (Å²) in [5, 5.41) is 11.8. The minimum absolute atomic E-state index is 0.00213. The van der Waals surface area contributed by atoms with Gasteiger partial charge in [-0.3, -0.25) is 14.6 Å². The number of aliphatic hydroxyl groups is 1. The second-order valence-electron chi connectivity index (χ2n) is 9.46. The zero-order valence-corrected chi connectivity index (χ0v) is 22.4. The van der Waals surface area contributed by atoms with E-state index in [0.29, 0.717) is 46.8 Å². The molecule has 1 aliphatic rings. The molecule has 1 saturated heterocycles. The average molecular weight is 535 g/mol. The Kier molecular flexibility index (Phi) is 8.69. The van der Waals surface area contributed by atoms with Crippen LogP contribution in [0.3, 0.4) is 0 Å². The fourth-order valence-electron chi connectivity index (χ4n) is 4.32. The lowest BCUT2D eigenvalue weighted by atomic mass is 9.95. The maximum Gasteiger partial charge on any atom is 0.295 e. The summed E-state index contributed by atoms with van der Waals surface area (Å²) in [4.78, 5) is 32.2. The largest absolute Gasteiger partial charge is 0.507 e. The second kappa shape index (κ2) is 12.1. The number of aromatic nitrogens is 1. The van der Waals surface area contributed by atoms with Crippen LogP contribution in [0.5, 0.6) is 11.5 Å². The zero-order chi connectivity index (χ0) is 27.2. The van der Waals surface area contributed by atoms with Crippen LogP contribution in [0.25, 0.3) is 5.76 Å². The summed E-state index contributed by atoms with van der Waals surface area (Å²) in [5.41, 5.74) is 1.81. The number of carbonyl (C=O) groups excluding carboxylic acids is 2. The smallest absolute Gasteiger partial charge is 0.295 e. The van der Waals surface area contributed by atoms with Gasteiger partial charge in [-0.2, -0.15) is 0 Å². The fraction of sp³-hybridized carbons (Fsp3) is 0.300. The van der Waals surface area contributed by atoms with Crippen LogP contribution in [-0.4, -0.2) is 39.9 Å². The van der Waals surface area contributed by atoms with Crippen LogP contribution in [0.2, 0.25) is 5.02 Å². The fourth-order valence-corrected chi connectivity index (χ4v) is 4.45. The van der Waals surface area contributed by atoms with Crippen LogP contribution in [0.15, 0.2) is 72.6 Å². The quantitative estimate of drug-likeness (QED) is 0.190. The molecule has 1 amide bonds. The van der Waals surface area contributed by atoms with E-state index in [1.807, 2.05) is 6.92 Å². The third-order valence-corrected chi connectivity index (χ3v) is 6.55. The molecule has 8 heteroatoms. The number of halogens is 1. The van der Waals surface area contributed by atoms with E-state index in [2.05, 4.69) is 18.8 Å². The number of benzene rings is 2. The number of pyridine rings is 1.